The molecule has 0 unspecified atom stereocenters. The van der Waals surface area contributed by atoms with Crippen molar-refractivity contribution in [1.29, 1.82) is 0 Å². The summed E-state index contributed by atoms with van der Waals surface area (Å²) in [5, 5.41) is 9.57. The van der Waals surface area contributed by atoms with Crippen molar-refractivity contribution in [3.8, 4) is 11.5 Å². The minimum Gasteiger partial charge on any atom is -0.486 e. The second-order valence-corrected chi connectivity index (χ2v) is 17.9. The normalized spacial score (nSPS) is 29.5. The van der Waals surface area contributed by atoms with E-state index in [-0.39, 0.29) is 66.1 Å². The Hall–Kier alpha value is -3.56. The maximum Gasteiger partial charge on any atom is 0.514 e. The summed E-state index contributed by atoms with van der Waals surface area (Å²) < 4.78 is 36.5. The van der Waals surface area contributed by atoms with Gasteiger partial charge in [-0.3, -0.25) is 9.69 Å². The topological polar surface area (TPSA) is 176 Å². The molecule has 3 saturated heterocycles. The molecule has 286 valence electrons. The summed E-state index contributed by atoms with van der Waals surface area (Å²) in [6.07, 6.45) is 0.390. The van der Waals surface area contributed by atoms with Crippen LogP contribution in [0.5, 0.6) is 11.5 Å². The molecular weight excluding hydrogens is 673 g/mol. The highest BCUT2D eigenvalue weighted by Gasteiger charge is 2.67. The van der Waals surface area contributed by atoms with Crippen LogP contribution < -0.4 is 15.2 Å². The number of nitrogens with zero attached hydrogens (tertiary/aromatic N) is 2. The molecule has 3 saturated carbocycles. The average Bonchev–Trinajstić information content (AvgIpc) is 3.55. The van der Waals surface area contributed by atoms with E-state index in [1.807, 2.05) is 0 Å². The van der Waals surface area contributed by atoms with Crippen molar-refractivity contribution in [2.75, 3.05) is 19.6 Å². The number of nitrogens with two attached hydrogens (primary N) is 1. The second-order valence-electron chi connectivity index (χ2n) is 17.9. The van der Waals surface area contributed by atoms with Crippen LogP contribution in [0.3, 0.4) is 0 Å². The highest BCUT2D eigenvalue weighted by atomic mass is 16.7. The third-order valence-electron chi connectivity index (χ3n) is 11.3. The van der Waals surface area contributed by atoms with Crippen LogP contribution >= 0.6 is 0 Å². The number of ether oxygens (including phenoxy) is 4. The van der Waals surface area contributed by atoms with Crippen molar-refractivity contribution in [2.45, 2.75) is 135 Å². The third kappa shape index (κ3) is 7.45. The van der Waals surface area contributed by atoms with E-state index in [2.05, 4.69) is 20.8 Å². The molecule has 3 aliphatic heterocycles. The second kappa shape index (κ2) is 13.4. The molecule has 3 aliphatic carbocycles. The van der Waals surface area contributed by atoms with E-state index in [0.29, 0.717) is 30.1 Å². The summed E-state index contributed by atoms with van der Waals surface area (Å²) >= 11 is 0. The predicted octanol–water partition coefficient (Wildman–Crippen LogP) is 4.90. The Morgan fingerprint density at radius 1 is 0.981 bits per heavy atom. The van der Waals surface area contributed by atoms with E-state index < -0.39 is 54.7 Å². The smallest absolute Gasteiger partial charge is 0.486 e. The molecule has 0 radical (unpaired) electrons. The molecule has 6 aliphatic rings. The van der Waals surface area contributed by atoms with Gasteiger partial charge in [0, 0.05) is 12.6 Å². The number of hydrogen-bond acceptors (Lipinski definition) is 11. The first-order valence-electron chi connectivity index (χ1n) is 18.4. The molecule has 0 spiro atoms. The van der Waals surface area contributed by atoms with Gasteiger partial charge < -0.3 is 44.0 Å². The van der Waals surface area contributed by atoms with E-state index in [1.54, 1.807) is 53.7 Å². The summed E-state index contributed by atoms with van der Waals surface area (Å²) in [4.78, 5) is 54.6. The van der Waals surface area contributed by atoms with E-state index in [0.717, 1.165) is 17.7 Å². The molecule has 6 atom stereocenters. The largest absolute Gasteiger partial charge is 0.514 e. The van der Waals surface area contributed by atoms with Crippen LogP contribution in [0.15, 0.2) is 12.1 Å². The maximum atomic E-state index is 13.9. The highest BCUT2D eigenvalue weighted by molar-refractivity contribution is 6.45. The van der Waals surface area contributed by atoms with Gasteiger partial charge in [0.05, 0.1) is 24.8 Å². The van der Waals surface area contributed by atoms with Gasteiger partial charge in [0.25, 0.3) is 0 Å². The number of benzene rings is 1. The van der Waals surface area contributed by atoms with Gasteiger partial charge in [0.2, 0.25) is 5.91 Å². The lowest BCUT2D eigenvalue weighted by Crippen LogP contribution is -2.65. The highest BCUT2D eigenvalue weighted by Crippen LogP contribution is 2.65. The van der Waals surface area contributed by atoms with Gasteiger partial charge in [0.1, 0.15) is 34.7 Å². The molecule has 1 aromatic rings. The summed E-state index contributed by atoms with van der Waals surface area (Å²) in [5.74, 6) is -0.0386. The Kier molecular flexibility index (Phi) is 9.83. The maximum absolute atomic E-state index is 13.9. The fourth-order valence-corrected chi connectivity index (χ4v) is 8.64. The van der Waals surface area contributed by atoms with Crippen molar-refractivity contribution in [1.82, 2.24) is 9.80 Å². The Morgan fingerprint density at radius 2 is 1.65 bits per heavy atom. The molecule has 1 aromatic carbocycles. The van der Waals surface area contributed by atoms with E-state index in [4.69, 9.17) is 34.0 Å². The lowest BCUT2D eigenvalue weighted by atomic mass is 9.43. The Morgan fingerprint density at radius 3 is 2.27 bits per heavy atom. The van der Waals surface area contributed by atoms with Gasteiger partial charge in [0.15, 0.2) is 5.75 Å². The number of amides is 2. The zero-order valence-corrected chi connectivity index (χ0v) is 31.9. The number of hydrogen-bond donors (Lipinski definition) is 2. The number of aryl methyl sites for hydroxylation is 1. The van der Waals surface area contributed by atoms with E-state index in [9.17, 15) is 24.3 Å². The van der Waals surface area contributed by atoms with Crippen LogP contribution in [0.2, 0.25) is 6.32 Å². The summed E-state index contributed by atoms with van der Waals surface area (Å²) in [6, 6.07) is 2.08. The first-order chi connectivity index (χ1) is 24.1. The van der Waals surface area contributed by atoms with Crippen LogP contribution in [0.4, 0.5) is 9.59 Å². The lowest BCUT2D eigenvalue weighted by molar-refractivity contribution is -0.199. The van der Waals surface area contributed by atoms with Gasteiger partial charge in [-0.25, -0.2) is 14.4 Å². The number of rotatable bonds is 8. The van der Waals surface area contributed by atoms with Crippen molar-refractivity contribution < 1.29 is 52.5 Å². The number of likely N-dealkylation sites (tertiary alicyclic amines) is 2. The van der Waals surface area contributed by atoms with E-state index in [1.165, 1.54) is 4.90 Å². The standard InChI is InChI=1S/C37H54BN3O11/c1-34(2,3)49-31(43)28-25(47-23-18-40(19-23)30(42)24-16-22(39)17-41(24)32(44)45)11-10-20(29(28)48-33(46)50-35(4,5)6)12-13-38-51-27-15-21-14-26(36(21,7)8)37(27,9)52-38/h10-11,21-24,26-27H,12-19,39H2,1-9H3,(H,44,45)/t21-,22-,24-,26-,27+,37-/m0/s1. The van der Waals surface area contributed by atoms with Crippen molar-refractivity contribution in [2.24, 2.45) is 23.0 Å². The summed E-state index contributed by atoms with van der Waals surface area (Å²) in [6.45, 7) is 17.5. The molecule has 7 rings (SSSR count). The van der Waals surface area contributed by atoms with Crippen LogP contribution in [0.1, 0.15) is 97.5 Å². The van der Waals surface area contributed by atoms with Crippen molar-refractivity contribution >= 4 is 31.2 Å². The van der Waals surface area contributed by atoms with Gasteiger partial charge in [-0.2, -0.15) is 0 Å². The molecular formula is C37H54BN3O11. The fourth-order valence-electron chi connectivity index (χ4n) is 8.64. The minimum absolute atomic E-state index is 0.00591. The van der Waals surface area contributed by atoms with Crippen LogP contribution in [0, 0.1) is 17.3 Å². The molecule has 2 bridgehead atoms. The van der Waals surface area contributed by atoms with Crippen LogP contribution in [0.25, 0.3) is 0 Å². The predicted molar refractivity (Wildman–Crippen MR) is 189 cm³/mol. The Bertz CT molecular complexity index is 1600. The minimum atomic E-state index is -1.20. The third-order valence-corrected chi connectivity index (χ3v) is 11.3. The molecule has 3 N–H and O–H groups in total. The number of carboxylic acid groups (broad SMARTS) is 1. The van der Waals surface area contributed by atoms with Crippen LogP contribution in [-0.2, 0) is 30.0 Å². The number of esters is 1. The molecule has 3 heterocycles. The molecule has 6 fully saturated rings. The fraction of sp³-hybridized carbons (Fsp3) is 0.730. The van der Waals surface area contributed by atoms with E-state index >= 15 is 0 Å². The van der Waals surface area contributed by atoms with Crippen molar-refractivity contribution in [3.63, 3.8) is 0 Å². The van der Waals surface area contributed by atoms with Gasteiger partial charge in [-0.1, -0.05) is 19.9 Å². The monoisotopic (exact) mass is 727 g/mol. The zero-order chi connectivity index (χ0) is 38.1. The Labute approximate surface area is 306 Å². The van der Waals surface area contributed by atoms with Gasteiger partial charge in [-0.15, -0.1) is 0 Å². The molecule has 15 heteroatoms. The molecule has 14 nitrogen and oxygen atoms in total. The summed E-state index contributed by atoms with van der Waals surface area (Å²) in [5.41, 5.74) is 4.47. The lowest BCUT2D eigenvalue weighted by Gasteiger charge is -2.64. The zero-order valence-electron chi connectivity index (χ0n) is 31.9. The summed E-state index contributed by atoms with van der Waals surface area (Å²) in [7, 11) is -0.481. The number of carbonyl (C=O) groups is 4. The van der Waals surface area contributed by atoms with Gasteiger partial charge >= 0.3 is 25.3 Å². The SMILES string of the molecule is CC(C)(C)OC(=O)Oc1c(CCB2O[C@@H]3C[C@@H]4C[C@@H](C4(C)C)[C@]3(C)O2)ccc(OC2CN(C(=O)[C@@H]3C[C@H](N)CN3C(=O)O)C2)c1C(=O)OC(C)(C)C. The molecule has 0 aromatic heterocycles. The molecule has 52 heavy (non-hydrogen) atoms. The number of carbonyl (C=O) groups excluding carboxylic acids is 3. The first-order valence-corrected chi connectivity index (χ1v) is 18.4. The van der Waals surface area contributed by atoms with Crippen molar-refractivity contribution in [3.05, 3.63) is 23.3 Å². The van der Waals surface area contributed by atoms with Crippen LogP contribution in [-0.4, -0.2) is 107 Å². The van der Waals surface area contributed by atoms with Gasteiger partial charge in [-0.05, 0) is 109 Å². The Balaban J connectivity index is 1.24. The quantitative estimate of drug-likeness (QED) is 0.211. The average molecular weight is 728 g/mol. The molecule has 2 amide bonds. The first kappa shape index (κ1) is 38.2.